The van der Waals surface area contributed by atoms with E-state index in [0.717, 1.165) is 58.3 Å². The van der Waals surface area contributed by atoms with Gasteiger partial charge in [-0.05, 0) is 19.3 Å². The average molecular weight is 251 g/mol. The van der Waals surface area contributed by atoms with E-state index in [2.05, 4.69) is 20.8 Å². The van der Waals surface area contributed by atoms with Crippen LogP contribution in [0.3, 0.4) is 0 Å². The maximum atomic E-state index is 5.63. The zero-order valence-corrected chi connectivity index (χ0v) is 12.1. The normalized spacial score (nSPS) is 11.2. The molecule has 0 unspecified atom stereocenters. The van der Waals surface area contributed by atoms with Gasteiger partial charge < -0.3 is 0 Å². The van der Waals surface area contributed by atoms with E-state index in [-0.39, 0.29) is 0 Å². The molecule has 0 aromatic rings. The van der Waals surface area contributed by atoms with E-state index in [9.17, 15) is 0 Å². The molecule has 0 aromatic carbocycles. The van der Waals surface area contributed by atoms with Crippen LogP contribution in [-0.4, -0.2) is 19.8 Å². The molecule has 0 rings (SSSR count). The summed E-state index contributed by atoms with van der Waals surface area (Å²) in [5, 5.41) is 0. The molecule has 0 spiro atoms. The minimum Gasteiger partial charge on any atom is -0.180 e. The summed E-state index contributed by atoms with van der Waals surface area (Å²) in [4.78, 5) is 0. The van der Waals surface area contributed by atoms with Gasteiger partial charge in [0.25, 0.3) is 0 Å². The Kier molecular flexibility index (Phi) is 13.6. The number of rotatable bonds is 12. The fourth-order valence-corrected chi connectivity index (χ4v) is 2.21. The fraction of sp³-hybridized carbons (Fsp3) is 1.00. The first kappa shape index (κ1) is 16.3. The fourth-order valence-electron chi connectivity index (χ4n) is 1.02. The second-order valence-electron chi connectivity index (χ2n) is 3.86. The minimum absolute atomic E-state index is 0.767. The first-order chi connectivity index (χ1) is 7.85. The van der Waals surface area contributed by atoms with Crippen LogP contribution in [0.2, 0.25) is 0 Å². The lowest BCUT2D eigenvalue weighted by molar-refractivity contribution is 0.155. The van der Waals surface area contributed by atoms with Gasteiger partial charge in [0.2, 0.25) is 0 Å². The van der Waals surface area contributed by atoms with Gasteiger partial charge in [0.1, 0.15) is 0 Å². The smallest absolute Gasteiger partial charge is 0.180 e. The molecule has 0 amide bonds. The molecule has 0 atom stereocenters. The van der Waals surface area contributed by atoms with Crippen molar-refractivity contribution in [3.8, 4) is 0 Å². The third-order valence-corrected chi connectivity index (χ3v) is 3.47. The maximum absolute atomic E-state index is 5.63. The Bertz CT molecular complexity index is 110. The first-order valence-electron chi connectivity index (χ1n) is 6.60. The summed E-state index contributed by atoms with van der Waals surface area (Å²) in [6.07, 6.45) is 6.71. The lowest BCUT2D eigenvalue weighted by Gasteiger charge is -2.08. The van der Waals surface area contributed by atoms with E-state index in [1.54, 1.807) is 0 Å². The molecule has 0 N–H and O–H groups in total. The van der Waals surface area contributed by atoms with Gasteiger partial charge in [0.05, 0.1) is 19.8 Å². The predicted octanol–water partition coefficient (Wildman–Crippen LogP) is 4.40. The molecule has 0 aliphatic heterocycles. The molecule has 0 fully saturated rings. The second-order valence-corrected chi connectivity index (χ2v) is 5.22. The molecule has 0 bridgehead atoms. The Morgan fingerprint density at radius 3 is 1.19 bits per heavy atom. The van der Waals surface area contributed by atoms with Crippen molar-refractivity contribution in [1.82, 2.24) is 0 Å². The van der Waals surface area contributed by atoms with E-state index >= 15 is 0 Å². The molecule has 3 nitrogen and oxygen atoms in total. The van der Waals surface area contributed by atoms with Crippen molar-refractivity contribution in [1.29, 1.82) is 0 Å². The van der Waals surface area contributed by atoms with Gasteiger partial charge in [-0.3, -0.25) is 0 Å². The molecule has 0 saturated heterocycles. The van der Waals surface area contributed by atoms with Crippen LogP contribution >= 0.6 is 8.60 Å². The summed E-state index contributed by atoms with van der Waals surface area (Å²) < 4.78 is 16.9. The van der Waals surface area contributed by atoms with Crippen LogP contribution in [0.1, 0.15) is 59.3 Å². The molecular weight excluding hydrogens is 223 g/mol. The van der Waals surface area contributed by atoms with Crippen molar-refractivity contribution in [2.24, 2.45) is 0 Å². The van der Waals surface area contributed by atoms with E-state index < -0.39 is 8.60 Å². The molecule has 0 aliphatic rings. The van der Waals surface area contributed by atoms with E-state index in [0.29, 0.717) is 0 Å². The van der Waals surface area contributed by atoms with Gasteiger partial charge in [-0.25, -0.2) is 0 Å². The highest BCUT2D eigenvalue weighted by Crippen LogP contribution is 2.40. The summed E-state index contributed by atoms with van der Waals surface area (Å²) in [6, 6.07) is 0. The summed E-state index contributed by atoms with van der Waals surface area (Å²) in [5.74, 6) is 0. The predicted molar refractivity (Wildman–Crippen MR) is 70.9 cm³/mol. The minimum atomic E-state index is -1.46. The third kappa shape index (κ3) is 10.8. The molecule has 0 heterocycles. The van der Waals surface area contributed by atoms with Crippen LogP contribution in [-0.2, 0) is 13.6 Å². The number of hydrogen-bond acceptors (Lipinski definition) is 3. The van der Waals surface area contributed by atoms with Crippen molar-refractivity contribution in [3.63, 3.8) is 0 Å². The van der Waals surface area contributed by atoms with Crippen molar-refractivity contribution in [2.75, 3.05) is 19.8 Å². The van der Waals surface area contributed by atoms with E-state index in [1.165, 1.54) is 0 Å². The summed E-state index contributed by atoms with van der Waals surface area (Å²) >= 11 is 0. The summed E-state index contributed by atoms with van der Waals surface area (Å²) in [5.41, 5.74) is 0. The molecule has 98 valence electrons. The lowest BCUT2D eigenvalue weighted by atomic mass is 10.4. The summed E-state index contributed by atoms with van der Waals surface area (Å²) in [7, 11) is -1.46. The average Bonchev–Trinajstić information content (AvgIpc) is 2.29. The van der Waals surface area contributed by atoms with Gasteiger partial charge in [-0.2, -0.15) is 13.6 Å². The Morgan fingerprint density at radius 1 is 0.625 bits per heavy atom. The number of unbranched alkanes of at least 4 members (excludes halogenated alkanes) is 3. The van der Waals surface area contributed by atoms with Crippen LogP contribution in [0.5, 0.6) is 0 Å². The largest absolute Gasteiger partial charge is 0.397 e. The molecule has 4 heteroatoms. The molecule has 0 aliphatic carbocycles. The topological polar surface area (TPSA) is 27.7 Å². The highest BCUT2D eigenvalue weighted by atomic mass is 31.2. The Morgan fingerprint density at radius 2 is 0.938 bits per heavy atom. The SMILES string of the molecule is CCCCO[PH+](OCCCC)OCCCC. The van der Waals surface area contributed by atoms with E-state index in [4.69, 9.17) is 13.6 Å². The zero-order valence-electron chi connectivity index (χ0n) is 11.1. The van der Waals surface area contributed by atoms with Crippen LogP contribution in [0.25, 0.3) is 0 Å². The third-order valence-electron chi connectivity index (χ3n) is 2.15. The van der Waals surface area contributed by atoms with Gasteiger partial charge in [0, 0.05) is 0 Å². The number of hydrogen-bond donors (Lipinski definition) is 0. The van der Waals surface area contributed by atoms with Crippen LogP contribution in [0.15, 0.2) is 0 Å². The van der Waals surface area contributed by atoms with Crippen LogP contribution in [0, 0.1) is 0 Å². The van der Waals surface area contributed by atoms with Crippen molar-refractivity contribution >= 4 is 8.60 Å². The van der Waals surface area contributed by atoms with Crippen molar-refractivity contribution < 1.29 is 13.6 Å². The summed E-state index contributed by atoms with van der Waals surface area (Å²) in [6.45, 7) is 8.78. The standard InChI is InChI=1S/C12H28O3P/c1-4-7-10-13-16(14-11-8-5-2)15-12-9-6-3/h16H,4-12H2,1-3H3/q+1. The highest BCUT2D eigenvalue weighted by molar-refractivity contribution is 7.41. The van der Waals surface area contributed by atoms with Crippen LogP contribution in [0.4, 0.5) is 0 Å². The van der Waals surface area contributed by atoms with Gasteiger partial charge in [0.15, 0.2) is 0 Å². The van der Waals surface area contributed by atoms with Crippen molar-refractivity contribution in [3.05, 3.63) is 0 Å². The molecule has 0 radical (unpaired) electrons. The Hall–Kier alpha value is 0.310. The zero-order chi connectivity index (χ0) is 12.1. The van der Waals surface area contributed by atoms with Gasteiger partial charge in [-0.15, -0.1) is 0 Å². The first-order valence-corrected chi connectivity index (χ1v) is 7.82. The van der Waals surface area contributed by atoms with Gasteiger partial charge >= 0.3 is 8.60 Å². The Labute approximate surface area is 102 Å². The maximum Gasteiger partial charge on any atom is 0.397 e. The quantitative estimate of drug-likeness (QED) is 0.380. The van der Waals surface area contributed by atoms with Gasteiger partial charge in [-0.1, -0.05) is 40.0 Å². The molecule has 0 aromatic heterocycles. The molecular formula is C12H28O3P+. The Balaban J connectivity index is 3.58. The highest BCUT2D eigenvalue weighted by Gasteiger charge is 2.19. The second kappa shape index (κ2) is 13.4. The monoisotopic (exact) mass is 251 g/mol. The van der Waals surface area contributed by atoms with E-state index in [1.807, 2.05) is 0 Å². The molecule has 0 saturated carbocycles. The lowest BCUT2D eigenvalue weighted by Crippen LogP contribution is -1.99. The molecule has 16 heavy (non-hydrogen) atoms. The van der Waals surface area contributed by atoms with Crippen LogP contribution < -0.4 is 0 Å². The van der Waals surface area contributed by atoms with Crippen molar-refractivity contribution in [2.45, 2.75) is 59.3 Å².